The van der Waals surface area contributed by atoms with E-state index in [1.54, 1.807) is 6.07 Å². The molecule has 1 rings (SSSR count). The van der Waals surface area contributed by atoms with Crippen molar-refractivity contribution in [2.24, 2.45) is 0 Å². The molecule has 4 heteroatoms. The lowest BCUT2D eigenvalue weighted by Gasteiger charge is -1.93. The lowest BCUT2D eigenvalue weighted by molar-refractivity contribution is 0.350. The van der Waals surface area contributed by atoms with Gasteiger partial charge in [0.15, 0.2) is 0 Å². The largest absolute Gasteiger partial charge is 0.384 e. The molecule has 0 aliphatic rings. The highest BCUT2D eigenvalue weighted by Gasteiger charge is 1.98. The second kappa shape index (κ2) is 4.32. The van der Waals surface area contributed by atoms with Crippen molar-refractivity contribution in [2.45, 2.75) is 0 Å². The van der Waals surface area contributed by atoms with E-state index in [-0.39, 0.29) is 6.61 Å². The molecule has 0 bridgehead atoms. The van der Waals surface area contributed by atoms with Gasteiger partial charge in [-0.05, 0) is 12.0 Å². The number of pyridine rings is 1. The number of aromatic nitrogens is 1. The second-order valence-electron chi connectivity index (χ2n) is 1.94. The molecular formula is C8H5Cl2NO. The molecule has 0 atom stereocenters. The van der Waals surface area contributed by atoms with E-state index < -0.39 is 0 Å². The molecule has 0 saturated carbocycles. The van der Waals surface area contributed by atoms with E-state index in [4.69, 9.17) is 28.3 Å². The van der Waals surface area contributed by atoms with Gasteiger partial charge >= 0.3 is 0 Å². The standard InChI is InChI=1S/C8H5Cl2NO/c9-6-4-7(10)8(11-5-6)2-1-3-12/h4-5,12H,3H2. The Morgan fingerprint density at radius 3 is 2.83 bits per heavy atom. The van der Waals surface area contributed by atoms with Crippen LogP contribution >= 0.6 is 23.2 Å². The van der Waals surface area contributed by atoms with Gasteiger partial charge in [-0.3, -0.25) is 0 Å². The van der Waals surface area contributed by atoms with E-state index in [1.807, 2.05) is 0 Å². The molecule has 0 fully saturated rings. The lowest BCUT2D eigenvalue weighted by Crippen LogP contribution is -1.84. The molecule has 1 heterocycles. The minimum Gasteiger partial charge on any atom is -0.384 e. The Kier molecular flexibility index (Phi) is 3.36. The van der Waals surface area contributed by atoms with Crippen molar-refractivity contribution in [3.8, 4) is 11.8 Å². The molecule has 0 aliphatic heterocycles. The van der Waals surface area contributed by atoms with Crippen LogP contribution in [0.4, 0.5) is 0 Å². The fourth-order valence-electron chi connectivity index (χ4n) is 0.630. The first-order valence-corrected chi connectivity index (χ1v) is 3.90. The summed E-state index contributed by atoms with van der Waals surface area (Å²) < 4.78 is 0. The maximum atomic E-state index is 8.40. The summed E-state index contributed by atoms with van der Waals surface area (Å²) in [6.45, 7) is -0.208. The predicted molar refractivity (Wildman–Crippen MR) is 48.2 cm³/mol. The number of rotatable bonds is 0. The number of hydrogen-bond acceptors (Lipinski definition) is 2. The average Bonchev–Trinajstić information content (AvgIpc) is 2.03. The van der Waals surface area contributed by atoms with Crippen LogP contribution in [-0.2, 0) is 0 Å². The molecule has 1 aromatic rings. The Balaban J connectivity index is 3.01. The minimum atomic E-state index is -0.208. The highest BCUT2D eigenvalue weighted by molar-refractivity contribution is 6.35. The summed E-state index contributed by atoms with van der Waals surface area (Å²) in [5, 5.41) is 9.26. The van der Waals surface area contributed by atoms with Gasteiger partial charge in [0.2, 0.25) is 0 Å². The van der Waals surface area contributed by atoms with Gasteiger partial charge in [0, 0.05) is 6.20 Å². The fourth-order valence-corrected chi connectivity index (χ4v) is 1.06. The first-order chi connectivity index (χ1) is 5.74. The van der Waals surface area contributed by atoms with E-state index in [9.17, 15) is 0 Å². The van der Waals surface area contributed by atoms with Crippen molar-refractivity contribution >= 4 is 23.2 Å². The van der Waals surface area contributed by atoms with Gasteiger partial charge in [0.05, 0.1) is 10.0 Å². The van der Waals surface area contributed by atoms with Crippen LogP contribution in [0.5, 0.6) is 0 Å². The summed E-state index contributed by atoms with van der Waals surface area (Å²) in [4.78, 5) is 3.87. The van der Waals surface area contributed by atoms with Crippen LogP contribution < -0.4 is 0 Å². The van der Waals surface area contributed by atoms with E-state index >= 15 is 0 Å². The zero-order chi connectivity index (χ0) is 8.97. The Morgan fingerprint density at radius 2 is 2.25 bits per heavy atom. The third-order valence-electron chi connectivity index (χ3n) is 1.09. The second-order valence-corrected chi connectivity index (χ2v) is 2.79. The van der Waals surface area contributed by atoms with Gasteiger partial charge in [-0.25, -0.2) is 4.98 Å². The van der Waals surface area contributed by atoms with Gasteiger partial charge in [-0.15, -0.1) is 0 Å². The minimum absolute atomic E-state index is 0.208. The van der Waals surface area contributed by atoms with Crippen LogP contribution in [0.15, 0.2) is 12.3 Å². The first-order valence-electron chi connectivity index (χ1n) is 3.15. The van der Waals surface area contributed by atoms with E-state index in [0.29, 0.717) is 15.7 Å². The molecule has 0 aliphatic carbocycles. The predicted octanol–water partition coefficient (Wildman–Crippen LogP) is 1.73. The molecule has 0 spiro atoms. The van der Waals surface area contributed by atoms with Crippen LogP contribution in [0.1, 0.15) is 5.69 Å². The molecule has 12 heavy (non-hydrogen) atoms. The maximum Gasteiger partial charge on any atom is 0.131 e. The molecule has 62 valence electrons. The molecule has 0 unspecified atom stereocenters. The van der Waals surface area contributed by atoms with Crippen molar-refractivity contribution in [1.82, 2.24) is 4.98 Å². The SMILES string of the molecule is OCC#Cc1ncc(Cl)cc1Cl. The smallest absolute Gasteiger partial charge is 0.131 e. The van der Waals surface area contributed by atoms with Crippen LogP contribution in [-0.4, -0.2) is 16.7 Å². The van der Waals surface area contributed by atoms with E-state index in [1.165, 1.54) is 6.20 Å². The van der Waals surface area contributed by atoms with Crippen molar-refractivity contribution in [1.29, 1.82) is 0 Å². The molecule has 0 radical (unpaired) electrons. The number of hydrogen-bond donors (Lipinski definition) is 1. The van der Waals surface area contributed by atoms with E-state index in [2.05, 4.69) is 16.8 Å². The zero-order valence-corrected chi connectivity index (χ0v) is 7.52. The van der Waals surface area contributed by atoms with Crippen molar-refractivity contribution in [3.63, 3.8) is 0 Å². The monoisotopic (exact) mass is 201 g/mol. The summed E-state index contributed by atoms with van der Waals surface area (Å²) in [6.07, 6.45) is 1.45. The van der Waals surface area contributed by atoms with Crippen molar-refractivity contribution < 1.29 is 5.11 Å². The number of halogens is 2. The molecule has 1 N–H and O–H groups in total. The van der Waals surface area contributed by atoms with Gasteiger partial charge in [-0.2, -0.15) is 0 Å². The Morgan fingerprint density at radius 1 is 1.50 bits per heavy atom. The number of nitrogens with zero attached hydrogens (tertiary/aromatic N) is 1. The summed E-state index contributed by atoms with van der Waals surface area (Å²) in [6, 6.07) is 1.55. The molecular weight excluding hydrogens is 197 g/mol. The molecule has 2 nitrogen and oxygen atoms in total. The van der Waals surface area contributed by atoms with Crippen molar-refractivity contribution in [3.05, 3.63) is 28.0 Å². The molecule has 0 amide bonds. The highest BCUT2D eigenvalue weighted by Crippen LogP contribution is 2.17. The number of aliphatic hydroxyl groups is 1. The highest BCUT2D eigenvalue weighted by atomic mass is 35.5. The summed E-state index contributed by atoms with van der Waals surface area (Å²) in [5.41, 5.74) is 0.426. The topological polar surface area (TPSA) is 33.1 Å². The average molecular weight is 202 g/mol. The van der Waals surface area contributed by atoms with Gasteiger partial charge in [-0.1, -0.05) is 29.1 Å². The summed E-state index contributed by atoms with van der Waals surface area (Å²) in [5.74, 6) is 5.03. The molecule has 0 aromatic carbocycles. The Hall–Kier alpha value is -0.750. The fraction of sp³-hybridized carbons (Fsp3) is 0.125. The lowest BCUT2D eigenvalue weighted by atomic mass is 10.3. The van der Waals surface area contributed by atoms with Crippen LogP contribution in [0.2, 0.25) is 10.0 Å². The van der Waals surface area contributed by atoms with Crippen molar-refractivity contribution in [2.75, 3.05) is 6.61 Å². The maximum absolute atomic E-state index is 8.40. The molecule has 0 saturated heterocycles. The van der Waals surface area contributed by atoms with Gasteiger partial charge in [0.25, 0.3) is 0 Å². The normalized spacial score (nSPS) is 8.92. The Labute approximate surface area is 80.1 Å². The summed E-state index contributed by atoms with van der Waals surface area (Å²) >= 11 is 11.3. The third-order valence-corrected chi connectivity index (χ3v) is 1.59. The Bertz CT molecular complexity index is 341. The third kappa shape index (κ3) is 2.38. The zero-order valence-electron chi connectivity index (χ0n) is 6.01. The van der Waals surface area contributed by atoms with E-state index in [0.717, 1.165) is 0 Å². The number of aliphatic hydroxyl groups excluding tert-OH is 1. The molecule has 1 aromatic heterocycles. The van der Waals surface area contributed by atoms with Crippen LogP contribution in [0.3, 0.4) is 0 Å². The van der Waals surface area contributed by atoms with Crippen LogP contribution in [0, 0.1) is 11.8 Å². The van der Waals surface area contributed by atoms with Crippen LogP contribution in [0.25, 0.3) is 0 Å². The first kappa shape index (κ1) is 9.34. The van der Waals surface area contributed by atoms with Gasteiger partial charge in [0.1, 0.15) is 12.3 Å². The quantitative estimate of drug-likeness (QED) is 0.650. The summed E-state index contributed by atoms with van der Waals surface area (Å²) in [7, 11) is 0. The van der Waals surface area contributed by atoms with Gasteiger partial charge < -0.3 is 5.11 Å².